The zero-order valence-corrected chi connectivity index (χ0v) is 9.75. The third-order valence-corrected chi connectivity index (χ3v) is 3.33. The molecule has 0 radical (unpaired) electrons. The SMILES string of the molecule is N#Cc1c(Cl)c(Cl)c(Cl)c(Cl)c1[N+](=O)[O-]. The molecule has 0 unspecified atom stereocenters. The molecule has 0 heterocycles. The maximum Gasteiger partial charge on any atom is 0.308 e. The van der Waals surface area contributed by atoms with Crippen LogP contribution in [0.1, 0.15) is 5.56 Å². The van der Waals surface area contributed by atoms with Crippen LogP contribution in [-0.4, -0.2) is 4.92 Å². The first-order chi connectivity index (χ1) is 6.91. The molecule has 0 bridgehead atoms. The number of nitro groups is 1. The van der Waals surface area contributed by atoms with E-state index in [4.69, 9.17) is 51.7 Å². The lowest BCUT2D eigenvalue weighted by molar-refractivity contribution is -0.385. The lowest BCUT2D eigenvalue weighted by atomic mass is 10.2. The Balaban J connectivity index is 3.80. The minimum absolute atomic E-state index is 0.175. The highest BCUT2D eigenvalue weighted by molar-refractivity contribution is 6.53. The van der Waals surface area contributed by atoms with E-state index >= 15 is 0 Å². The van der Waals surface area contributed by atoms with Crippen molar-refractivity contribution < 1.29 is 4.92 Å². The van der Waals surface area contributed by atoms with Crippen molar-refractivity contribution in [3.63, 3.8) is 0 Å². The van der Waals surface area contributed by atoms with Gasteiger partial charge in [0.15, 0.2) is 5.56 Å². The van der Waals surface area contributed by atoms with Gasteiger partial charge < -0.3 is 0 Å². The lowest BCUT2D eigenvalue weighted by Crippen LogP contribution is -1.96. The second-order valence-corrected chi connectivity index (χ2v) is 3.86. The largest absolute Gasteiger partial charge is 0.308 e. The Bertz CT molecular complexity index is 495. The van der Waals surface area contributed by atoms with Gasteiger partial charge in [-0.1, -0.05) is 46.4 Å². The van der Waals surface area contributed by atoms with Gasteiger partial charge in [-0.3, -0.25) is 10.1 Å². The zero-order valence-electron chi connectivity index (χ0n) is 6.72. The molecule has 0 spiro atoms. The molecule has 0 fully saturated rings. The molecule has 4 nitrogen and oxygen atoms in total. The molecule has 15 heavy (non-hydrogen) atoms. The number of benzene rings is 1. The number of rotatable bonds is 1. The lowest BCUT2D eigenvalue weighted by Gasteiger charge is -2.04. The van der Waals surface area contributed by atoms with Crippen molar-refractivity contribution in [2.45, 2.75) is 0 Å². The molecule has 0 aliphatic heterocycles. The summed E-state index contributed by atoms with van der Waals surface area (Å²) in [6.45, 7) is 0. The Morgan fingerprint density at radius 2 is 1.53 bits per heavy atom. The first-order valence-corrected chi connectivity index (χ1v) is 4.83. The van der Waals surface area contributed by atoms with Crippen LogP contribution in [0.5, 0.6) is 0 Å². The molecule has 0 N–H and O–H groups in total. The minimum atomic E-state index is -0.838. The van der Waals surface area contributed by atoms with E-state index in [0.717, 1.165) is 0 Å². The van der Waals surface area contributed by atoms with Gasteiger partial charge in [0.2, 0.25) is 0 Å². The van der Waals surface area contributed by atoms with Crippen molar-refractivity contribution in [1.29, 1.82) is 5.26 Å². The van der Waals surface area contributed by atoms with Gasteiger partial charge in [0, 0.05) is 0 Å². The van der Waals surface area contributed by atoms with E-state index in [-0.39, 0.29) is 15.1 Å². The zero-order chi connectivity index (χ0) is 11.7. The highest BCUT2D eigenvalue weighted by Crippen LogP contribution is 2.44. The van der Waals surface area contributed by atoms with Crippen LogP contribution in [0, 0.1) is 21.4 Å². The Hall–Kier alpha value is -0.730. The number of nitro benzene ring substituents is 1. The molecule has 0 aliphatic rings. The van der Waals surface area contributed by atoms with Crippen molar-refractivity contribution in [3.05, 3.63) is 35.8 Å². The Morgan fingerprint density at radius 1 is 1.07 bits per heavy atom. The maximum absolute atomic E-state index is 10.6. The standard InChI is InChI=1S/C7Cl4N2O2/c8-3-2(1-12)7(13(14)15)6(11)5(10)4(3)9. The number of nitriles is 1. The van der Waals surface area contributed by atoms with Crippen molar-refractivity contribution in [2.75, 3.05) is 0 Å². The first-order valence-electron chi connectivity index (χ1n) is 3.32. The van der Waals surface area contributed by atoms with E-state index in [1.165, 1.54) is 0 Å². The molecule has 0 atom stereocenters. The fraction of sp³-hybridized carbons (Fsp3) is 0. The molecule has 1 aromatic rings. The van der Waals surface area contributed by atoms with Gasteiger partial charge in [0.25, 0.3) is 0 Å². The summed E-state index contributed by atoms with van der Waals surface area (Å²) >= 11 is 22.4. The fourth-order valence-electron chi connectivity index (χ4n) is 0.894. The average molecular weight is 286 g/mol. The van der Waals surface area contributed by atoms with E-state index in [1.54, 1.807) is 6.07 Å². The van der Waals surface area contributed by atoms with Crippen LogP contribution in [-0.2, 0) is 0 Å². The van der Waals surface area contributed by atoms with Crippen molar-refractivity contribution in [2.24, 2.45) is 0 Å². The van der Waals surface area contributed by atoms with Crippen LogP contribution < -0.4 is 0 Å². The van der Waals surface area contributed by atoms with E-state index in [9.17, 15) is 10.1 Å². The predicted octanol–water partition coefficient (Wildman–Crippen LogP) is 4.08. The van der Waals surface area contributed by atoms with E-state index in [1.807, 2.05) is 0 Å². The summed E-state index contributed by atoms with van der Waals surface area (Å²) in [4.78, 5) is 9.79. The van der Waals surface area contributed by atoms with Gasteiger partial charge in [-0.05, 0) is 0 Å². The molecule has 1 rings (SSSR count). The normalized spacial score (nSPS) is 9.80. The summed E-state index contributed by atoms with van der Waals surface area (Å²) in [5.74, 6) is 0. The van der Waals surface area contributed by atoms with Gasteiger partial charge in [-0.2, -0.15) is 5.26 Å². The monoisotopic (exact) mass is 284 g/mol. The Morgan fingerprint density at radius 3 is 1.93 bits per heavy atom. The molecule has 0 amide bonds. The molecule has 1 aromatic carbocycles. The van der Waals surface area contributed by atoms with Crippen molar-refractivity contribution in [3.8, 4) is 6.07 Å². The van der Waals surface area contributed by atoms with Crippen LogP contribution in [0.3, 0.4) is 0 Å². The fourth-order valence-corrected chi connectivity index (χ4v) is 1.85. The second kappa shape index (κ2) is 4.42. The number of nitrogens with zero attached hydrogens (tertiary/aromatic N) is 2. The molecule has 0 saturated heterocycles. The van der Waals surface area contributed by atoms with Gasteiger partial charge in [-0.15, -0.1) is 0 Å². The third-order valence-electron chi connectivity index (χ3n) is 1.54. The molecule has 78 valence electrons. The van der Waals surface area contributed by atoms with Crippen LogP contribution in [0.25, 0.3) is 0 Å². The van der Waals surface area contributed by atoms with Crippen LogP contribution in [0.4, 0.5) is 5.69 Å². The Kier molecular flexibility index (Phi) is 3.63. The van der Waals surface area contributed by atoms with E-state index < -0.39 is 21.2 Å². The van der Waals surface area contributed by atoms with Gasteiger partial charge in [0.05, 0.1) is 20.0 Å². The summed E-state index contributed by atoms with van der Waals surface area (Å²) < 4.78 is 0. The number of hydrogen-bond donors (Lipinski definition) is 0. The smallest absolute Gasteiger partial charge is 0.258 e. The van der Waals surface area contributed by atoms with E-state index in [0.29, 0.717) is 0 Å². The summed E-state index contributed by atoms with van der Waals surface area (Å²) in [6.07, 6.45) is 0. The number of halogens is 4. The average Bonchev–Trinajstić information content (AvgIpc) is 2.19. The van der Waals surface area contributed by atoms with Crippen molar-refractivity contribution in [1.82, 2.24) is 0 Å². The molecule has 0 saturated carbocycles. The highest BCUT2D eigenvalue weighted by Gasteiger charge is 2.28. The molecule has 0 aliphatic carbocycles. The molecule has 0 aromatic heterocycles. The van der Waals surface area contributed by atoms with Crippen LogP contribution in [0.2, 0.25) is 20.1 Å². The van der Waals surface area contributed by atoms with Crippen LogP contribution in [0.15, 0.2) is 0 Å². The van der Waals surface area contributed by atoms with E-state index in [2.05, 4.69) is 0 Å². The Labute approximate surface area is 104 Å². The predicted molar refractivity (Wildman–Crippen MR) is 57.9 cm³/mol. The quantitative estimate of drug-likeness (QED) is 0.338. The first kappa shape index (κ1) is 12.3. The highest BCUT2D eigenvalue weighted by atomic mass is 35.5. The maximum atomic E-state index is 10.6. The van der Waals surface area contributed by atoms with Crippen molar-refractivity contribution >= 4 is 52.1 Å². The molecule has 8 heteroatoms. The minimum Gasteiger partial charge on any atom is -0.258 e. The molecular formula is C7Cl4N2O2. The van der Waals surface area contributed by atoms with Gasteiger partial charge >= 0.3 is 5.69 Å². The summed E-state index contributed by atoms with van der Waals surface area (Å²) in [5.41, 5.74) is -1.04. The summed E-state index contributed by atoms with van der Waals surface area (Å²) in [7, 11) is 0. The topological polar surface area (TPSA) is 66.9 Å². The third kappa shape index (κ3) is 1.97. The summed E-state index contributed by atoms with van der Waals surface area (Å²) in [5, 5.41) is 18.2. The summed E-state index contributed by atoms with van der Waals surface area (Å²) in [6, 6.07) is 1.55. The van der Waals surface area contributed by atoms with Crippen LogP contribution >= 0.6 is 46.4 Å². The number of hydrogen-bond acceptors (Lipinski definition) is 3. The van der Waals surface area contributed by atoms with Gasteiger partial charge in [-0.25, -0.2) is 0 Å². The molecular weight excluding hydrogens is 286 g/mol. The second-order valence-electron chi connectivity index (χ2n) is 2.35. The van der Waals surface area contributed by atoms with Gasteiger partial charge in [0.1, 0.15) is 11.1 Å².